The highest BCUT2D eigenvalue weighted by atomic mass is 79.9. The summed E-state index contributed by atoms with van der Waals surface area (Å²) in [6, 6.07) is 19.4. The highest BCUT2D eigenvalue weighted by Crippen LogP contribution is 2.60. The molecule has 1 N–H and O–H groups in total. The minimum atomic E-state index is -0.238. The van der Waals surface area contributed by atoms with Crippen molar-refractivity contribution in [3.63, 3.8) is 0 Å². The number of aliphatic imine (C=N–C) groups is 1. The number of benzene rings is 3. The van der Waals surface area contributed by atoms with Crippen molar-refractivity contribution >= 4 is 73.7 Å². The Morgan fingerprint density at radius 3 is 2.35 bits per heavy atom. The van der Waals surface area contributed by atoms with Gasteiger partial charge in [0.05, 0.1) is 22.2 Å². The van der Waals surface area contributed by atoms with Crippen molar-refractivity contribution in [2.24, 2.45) is 22.7 Å². The maximum Gasteiger partial charge on any atom is 0.266 e. The topological polar surface area (TPSA) is 80.2 Å². The lowest BCUT2D eigenvalue weighted by Crippen LogP contribution is -2.48. The van der Waals surface area contributed by atoms with Crippen LogP contribution in [0.1, 0.15) is 63.5 Å². The van der Waals surface area contributed by atoms with Gasteiger partial charge in [0.1, 0.15) is 0 Å². The smallest absolute Gasteiger partial charge is 0.266 e. The van der Waals surface area contributed by atoms with Crippen molar-refractivity contribution in [2.75, 3.05) is 25.1 Å². The zero-order valence-corrected chi connectivity index (χ0v) is 30.3. The molecule has 3 aromatic carbocycles. The molecule has 5 fully saturated rings. The summed E-state index contributed by atoms with van der Waals surface area (Å²) in [4.78, 5) is 33.0. The van der Waals surface area contributed by atoms with Crippen molar-refractivity contribution in [2.45, 2.75) is 57.8 Å². The molecule has 8 rings (SSSR count). The highest BCUT2D eigenvalue weighted by molar-refractivity contribution is 9.10. The van der Waals surface area contributed by atoms with E-state index in [9.17, 15) is 9.59 Å². The Balaban J connectivity index is 0.995. The first-order valence-corrected chi connectivity index (χ1v) is 18.8. The second kappa shape index (κ2) is 13.9. The van der Waals surface area contributed by atoms with Crippen molar-refractivity contribution < 1.29 is 19.1 Å². The summed E-state index contributed by atoms with van der Waals surface area (Å²) in [5.41, 5.74) is 3.98. The molecule has 0 atom stereocenters. The predicted molar refractivity (Wildman–Crippen MR) is 197 cm³/mol. The summed E-state index contributed by atoms with van der Waals surface area (Å²) in [6.07, 6.45) is 10.1. The largest absolute Gasteiger partial charge is 0.490 e. The van der Waals surface area contributed by atoms with Gasteiger partial charge in [0.2, 0.25) is 0 Å². The van der Waals surface area contributed by atoms with Crippen LogP contribution in [0.4, 0.5) is 11.4 Å². The number of hydrogen-bond acceptors (Lipinski definition) is 6. The van der Waals surface area contributed by atoms with Gasteiger partial charge in [-0.3, -0.25) is 14.5 Å². The van der Waals surface area contributed by atoms with Crippen LogP contribution >= 0.6 is 39.3 Å². The van der Waals surface area contributed by atoms with Crippen molar-refractivity contribution in [3.8, 4) is 11.5 Å². The van der Waals surface area contributed by atoms with Crippen LogP contribution in [0, 0.1) is 17.8 Å². The number of likely N-dealkylation sites (N-methyl/N-ethyl adjacent to an activating group) is 1. The lowest BCUT2D eigenvalue weighted by Gasteiger charge is -2.57. The van der Waals surface area contributed by atoms with Gasteiger partial charge in [0.15, 0.2) is 23.3 Å². The number of anilines is 1. The van der Waals surface area contributed by atoms with E-state index in [1.165, 1.54) is 55.9 Å². The molecule has 0 aromatic heterocycles. The fraction of sp³-hybridized carbons (Fsp3) is 0.395. The molecule has 1 saturated heterocycles. The molecule has 0 unspecified atom stereocenters. The standard InChI is InChI=1S/C38H39BrClN3O4S/c1-3-43-36(45)34(48-37(43)42-29-10-11-30(39)31(40)18-29)17-23-5-12-32(33(16-23)46-4-2)47-22-35(44)41-28-8-6-27(7-9-28)38-19-24-13-25(20-38)15-26(14-24)21-38/h5-12,16-18,24-26H,3-4,13-15,19-22H2,1-2H3,(H,41,44)/b34-17+,42-37?. The van der Waals surface area contributed by atoms with Crippen LogP contribution in [0.25, 0.3) is 6.08 Å². The Bertz CT molecular complexity index is 1760. The number of carbonyl (C=O) groups is 2. The lowest BCUT2D eigenvalue weighted by molar-refractivity contribution is -0.122. The van der Waals surface area contributed by atoms with Crippen LogP contribution in [0.3, 0.4) is 0 Å². The molecule has 10 heteroatoms. The zero-order chi connectivity index (χ0) is 33.4. The van der Waals surface area contributed by atoms with Gasteiger partial charge in [-0.15, -0.1) is 0 Å². The van der Waals surface area contributed by atoms with Gasteiger partial charge in [-0.25, -0.2) is 4.99 Å². The van der Waals surface area contributed by atoms with Crippen LogP contribution in [0.15, 0.2) is 75.0 Å². The molecular formula is C38H39BrClN3O4S. The Hall–Kier alpha value is -3.27. The van der Waals surface area contributed by atoms with Crippen molar-refractivity contribution in [1.29, 1.82) is 0 Å². The summed E-state index contributed by atoms with van der Waals surface area (Å²) in [5, 5.41) is 4.12. The first-order chi connectivity index (χ1) is 23.2. The Labute approximate surface area is 299 Å². The number of thioether (sulfide) groups is 1. The fourth-order valence-corrected chi connectivity index (χ4v) is 9.88. The van der Waals surface area contributed by atoms with E-state index in [-0.39, 0.29) is 18.4 Å². The van der Waals surface area contributed by atoms with Crippen LogP contribution in [0.5, 0.6) is 11.5 Å². The first kappa shape index (κ1) is 33.2. The number of ether oxygens (including phenoxy) is 2. The molecule has 7 nitrogen and oxygen atoms in total. The summed E-state index contributed by atoms with van der Waals surface area (Å²) in [7, 11) is 0. The van der Waals surface area contributed by atoms with E-state index in [4.69, 9.17) is 21.1 Å². The van der Waals surface area contributed by atoms with Crippen LogP contribution in [0.2, 0.25) is 5.02 Å². The molecule has 5 aliphatic rings. The third-order valence-corrected chi connectivity index (χ3v) is 12.3. The van der Waals surface area contributed by atoms with E-state index in [0.29, 0.717) is 50.8 Å². The maximum atomic E-state index is 13.3. The summed E-state index contributed by atoms with van der Waals surface area (Å²) >= 11 is 11.0. The normalized spacial score (nSPS) is 26.0. The van der Waals surface area contributed by atoms with E-state index in [1.54, 1.807) is 17.0 Å². The van der Waals surface area contributed by atoms with Crippen molar-refractivity contribution in [1.82, 2.24) is 4.90 Å². The maximum absolute atomic E-state index is 13.3. The molecule has 250 valence electrons. The van der Waals surface area contributed by atoms with Gasteiger partial charge in [0.25, 0.3) is 11.8 Å². The van der Waals surface area contributed by atoms with Gasteiger partial charge < -0.3 is 14.8 Å². The van der Waals surface area contributed by atoms with Gasteiger partial charge in [0, 0.05) is 16.7 Å². The number of rotatable bonds is 10. The van der Waals surface area contributed by atoms with E-state index in [2.05, 4.69) is 38.4 Å². The minimum absolute atomic E-state index is 0.120. The van der Waals surface area contributed by atoms with Gasteiger partial charge >= 0.3 is 0 Å². The number of amides is 2. The second-order valence-electron chi connectivity index (χ2n) is 13.4. The van der Waals surface area contributed by atoms with Gasteiger partial charge in [-0.05, 0) is 163 Å². The molecule has 0 radical (unpaired) electrons. The fourth-order valence-electron chi connectivity index (χ4n) is 8.40. The highest BCUT2D eigenvalue weighted by Gasteiger charge is 2.51. The Morgan fingerprint density at radius 1 is 1.00 bits per heavy atom. The molecule has 4 saturated carbocycles. The number of nitrogens with zero attached hydrogens (tertiary/aromatic N) is 2. The van der Waals surface area contributed by atoms with E-state index >= 15 is 0 Å². The van der Waals surface area contributed by atoms with Crippen LogP contribution in [-0.4, -0.2) is 41.6 Å². The number of halogens is 2. The summed E-state index contributed by atoms with van der Waals surface area (Å²) in [6.45, 7) is 4.55. The third-order valence-electron chi connectivity index (χ3n) is 10.1. The summed E-state index contributed by atoms with van der Waals surface area (Å²) in [5.74, 6) is 3.29. The molecule has 3 aromatic rings. The quantitative estimate of drug-likeness (QED) is 0.209. The number of hydrogen-bond donors (Lipinski definition) is 1. The average molecular weight is 749 g/mol. The third kappa shape index (κ3) is 6.92. The lowest BCUT2D eigenvalue weighted by atomic mass is 9.48. The average Bonchev–Trinajstić information content (AvgIpc) is 3.35. The number of amidine groups is 1. The molecular weight excluding hydrogens is 710 g/mol. The molecule has 1 heterocycles. The SMILES string of the molecule is CCOc1cc(/C=C2/SC(=Nc3ccc(Br)c(Cl)c3)N(CC)C2=O)ccc1OCC(=O)Nc1ccc(C23CC4CC(CC(C4)C2)C3)cc1. The van der Waals surface area contributed by atoms with Crippen LogP contribution in [-0.2, 0) is 15.0 Å². The Kier molecular flexibility index (Phi) is 9.64. The van der Waals surface area contributed by atoms with E-state index in [0.717, 1.165) is 33.5 Å². The molecule has 4 bridgehead atoms. The Morgan fingerprint density at radius 2 is 1.71 bits per heavy atom. The molecule has 48 heavy (non-hydrogen) atoms. The van der Waals surface area contributed by atoms with Crippen molar-refractivity contribution in [3.05, 3.63) is 86.2 Å². The van der Waals surface area contributed by atoms with E-state index < -0.39 is 0 Å². The minimum Gasteiger partial charge on any atom is -0.490 e. The predicted octanol–water partition coefficient (Wildman–Crippen LogP) is 9.61. The number of nitrogens with one attached hydrogen (secondary N) is 1. The molecule has 4 aliphatic carbocycles. The van der Waals surface area contributed by atoms with Gasteiger partial charge in [-0.1, -0.05) is 29.8 Å². The second-order valence-corrected chi connectivity index (χ2v) is 15.7. The number of carbonyl (C=O) groups excluding carboxylic acids is 2. The first-order valence-electron chi connectivity index (χ1n) is 16.8. The monoisotopic (exact) mass is 747 g/mol. The summed E-state index contributed by atoms with van der Waals surface area (Å²) < 4.78 is 12.6. The zero-order valence-electron chi connectivity index (χ0n) is 27.1. The van der Waals surface area contributed by atoms with E-state index in [1.807, 2.05) is 56.3 Å². The molecule has 0 spiro atoms. The van der Waals surface area contributed by atoms with Crippen LogP contribution < -0.4 is 14.8 Å². The molecule has 2 amide bonds. The van der Waals surface area contributed by atoms with Gasteiger partial charge in [-0.2, -0.15) is 0 Å². The molecule has 1 aliphatic heterocycles.